The van der Waals surface area contributed by atoms with E-state index >= 15 is 0 Å². The Balaban J connectivity index is 2.18. The summed E-state index contributed by atoms with van der Waals surface area (Å²) in [6, 6.07) is 21.2. The maximum absolute atomic E-state index is 6.25. The normalized spacial score (nSPS) is 10.5. The summed E-state index contributed by atoms with van der Waals surface area (Å²) in [6.45, 7) is 0.188. The lowest BCUT2D eigenvalue weighted by atomic mass is 10.0. The molecule has 6 heteroatoms. The summed E-state index contributed by atoms with van der Waals surface area (Å²) in [7, 11) is 3.14. The molecular formula is C22H21BrO5. The zero-order chi connectivity index (χ0) is 19.8. The molecule has 0 aromatic heterocycles. The molecule has 0 bridgehead atoms. The second-order valence-electron chi connectivity index (χ2n) is 5.77. The van der Waals surface area contributed by atoms with E-state index in [9.17, 15) is 0 Å². The smallest absolute Gasteiger partial charge is 0.188 e. The standard InChI is InChI=1S/C22H21BrO5/c1-24-14-26-18-13-19(27-15-25-2)21(23)22(28-17-11-7-4-8-12-17)20(18)16-9-5-3-6-10-16/h3-13H,14-15H2,1-2H3. The Hall–Kier alpha value is -2.54. The quantitative estimate of drug-likeness (QED) is 0.386. The van der Waals surface area contributed by atoms with Crippen molar-refractivity contribution in [2.75, 3.05) is 27.8 Å². The van der Waals surface area contributed by atoms with Crippen molar-refractivity contribution in [1.29, 1.82) is 0 Å². The van der Waals surface area contributed by atoms with Gasteiger partial charge in [0.25, 0.3) is 0 Å². The molecule has 0 aliphatic heterocycles. The van der Waals surface area contributed by atoms with Crippen LogP contribution in [-0.2, 0) is 9.47 Å². The van der Waals surface area contributed by atoms with Crippen molar-refractivity contribution in [1.82, 2.24) is 0 Å². The molecule has 0 radical (unpaired) electrons. The average Bonchev–Trinajstić information content (AvgIpc) is 2.74. The Morgan fingerprint density at radius 1 is 0.750 bits per heavy atom. The van der Waals surface area contributed by atoms with Gasteiger partial charge in [0, 0.05) is 20.3 Å². The number of rotatable bonds is 9. The minimum atomic E-state index is 0.0932. The fraction of sp³-hybridized carbons (Fsp3) is 0.182. The first-order valence-electron chi connectivity index (χ1n) is 8.63. The van der Waals surface area contributed by atoms with Gasteiger partial charge in [0.15, 0.2) is 19.3 Å². The molecule has 0 saturated carbocycles. The summed E-state index contributed by atoms with van der Waals surface area (Å²) in [5.41, 5.74) is 1.73. The Bertz CT molecular complexity index is 884. The van der Waals surface area contributed by atoms with Gasteiger partial charge in [-0.1, -0.05) is 48.5 Å². The van der Waals surface area contributed by atoms with E-state index in [-0.39, 0.29) is 13.6 Å². The number of hydrogen-bond acceptors (Lipinski definition) is 5. The van der Waals surface area contributed by atoms with Gasteiger partial charge in [0.2, 0.25) is 0 Å². The molecule has 3 aromatic rings. The molecule has 0 amide bonds. The van der Waals surface area contributed by atoms with Crippen molar-refractivity contribution in [2.45, 2.75) is 0 Å². The molecule has 0 spiro atoms. The lowest BCUT2D eigenvalue weighted by Crippen LogP contribution is -2.05. The lowest BCUT2D eigenvalue weighted by Gasteiger charge is -2.20. The first-order chi connectivity index (χ1) is 13.7. The molecule has 0 heterocycles. The van der Waals surface area contributed by atoms with Crippen molar-refractivity contribution in [2.24, 2.45) is 0 Å². The van der Waals surface area contributed by atoms with Crippen molar-refractivity contribution in [3.63, 3.8) is 0 Å². The number of hydrogen-bond donors (Lipinski definition) is 0. The van der Waals surface area contributed by atoms with Gasteiger partial charge in [-0.2, -0.15) is 0 Å². The Morgan fingerprint density at radius 3 is 1.93 bits per heavy atom. The molecule has 0 aliphatic rings. The molecule has 28 heavy (non-hydrogen) atoms. The van der Waals surface area contributed by atoms with E-state index in [0.29, 0.717) is 27.5 Å². The molecule has 0 fully saturated rings. The van der Waals surface area contributed by atoms with Crippen LogP contribution in [0.3, 0.4) is 0 Å². The van der Waals surface area contributed by atoms with E-state index < -0.39 is 0 Å². The molecule has 0 N–H and O–H groups in total. The van der Waals surface area contributed by atoms with Crippen molar-refractivity contribution >= 4 is 15.9 Å². The minimum Gasteiger partial charge on any atom is -0.467 e. The molecular weight excluding hydrogens is 424 g/mol. The third-order valence-electron chi connectivity index (χ3n) is 3.84. The molecule has 3 rings (SSSR count). The van der Waals surface area contributed by atoms with Gasteiger partial charge >= 0.3 is 0 Å². The second-order valence-corrected chi connectivity index (χ2v) is 6.57. The zero-order valence-electron chi connectivity index (χ0n) is 15.7. The van der Waals surface area contributed by atoms with Gasteiger partial charge < -0.3 is 23.7 Å². The van der Waals surface area contributed by atoms with Crippen LogP contribution in [-0.4, -0.2) is 27.8 Å². The summed E-state index contributed by atoms with van der Waals surface area (Å²) < 4.78 is 28.6. The third kappa shape index (κ3) is 4.84. The highest BCUT2D eigenvalue weighted by atomic mass is 79.9. The molecule has 0 saturated heterocycles. The fourth-order valence-electron chi connectivity index (χ4n) is 2.63. The first kappa shape index (κ1) is 20.2. The Labute approximate surface area is 172 Å². The van der Waals surface area contributed by atoms with Crippen LogP contribution in [0, 0.1) is 0 Å². The third-order valence-corrected chi connectivity index (χ3v) is 4.59. The Morgan fingerprint density at radius 2 is 1.32 bits per heavy atom. The average molecular weight is 445 g/mol. The van der Waals surface area contributed by atoms with Gasteiger partial charge in [0.1, 0.15) is 21.7 Å². The SMILES string of the molecule is COCOc1cc(OCOC)c(-c2ccccc2)c(Oc2ccccc2)c1Br. The van der Waals surface area contributed by atoms with Crippen LogP contribution in [0.15, 0.2) is 71.2 Å². The van der Waals surface area contributed by atoms with Crippen LogP contribution in [0.5, 0.6) is 23.0 Å². The number of ether oxygens (including phenoxy) is 5. The predicted octanol–water partition coefficient (Wildman–Crippen LogP) is 5.87. The van der Waals surface area contributed by atoms with E-state index in [1.807, 2.05) is 60.7 Å². The minimum absolute atomic E-state index is 0.0932. The van der Waals surface area contributed by atoms with Crippen LogP contribution in [0.2, 0.25) is 0 Å². The van der Waals surface area contributed by atoms with Gasteiger partial charge in [-0.05, 0) is 33.6 Å². The number of benzene rings is 3. The summed E-state index contributed by atoms with van der Waals surface area (Å²) in [5, 5.41) is 0. The van der Waals surface area contributed by atoms with E-state index in [1.54, 1.807) is 20.3 Å². The summed E-state index contributed by atoms with van der Waals surface area (Å²) in [4.78, 5) is 0. The number of halogens is 1. The largest absolute Gasteiger partial charge is 0.467 e. The molecule has 3 aromatic carbocycles. The van der Waals surface area contributed by atoms with E-state index in [4.69, 9.17) is 23.7 Å². The van der Waals surface area contributed by atoms with Crippen molar-refractivity contribution in [3.05, 3.63) is 71.2 Å². The van der Waals surface area contributed by atoms with Crippen LogP contribution in [0.1, 0.15) is 0 Å². The topological polar surface area (TPSA) is 46.2 Å². The highest BCUT2D eigenvalue weighted by molar-refractivity contribution is 9.10. The monoisotopic (exact) mass is 444 g/mol. The predicted molar refractivity (Wildman–Crippen MR) is 111 cm³/mol. The number of methoxy groups -OCH3 is 2. The van der Waals surface area contributed by atoms with E-state index in [2.05, 4.69) is 15.9 Å². The first-order valence-corrected chi connectivity index (χ1v) is 9.42. The highest BCUT2D eigenvalue weighted by Gasteiger charge is 2.22. The lowest BCUT2D eigenvalue weighted by molar-refractivity contribution is 0.0457. The van der Waals surface area contributed by atoms with Gasteiger partial charge in [-0.3, -0.25) is 0 Å². The van der Waals surface area contributed by atoms with Crippen LogP contribution >= 0.6 is 15.9 Å². The molecule has 0 aliphatic carbocycles. The molecule has 146 valence electrons. The van der Waals surface area contributed by atoms with Gasteiger partial charge in [-0.25, -0.2) is 0 Å². The zero-order valence-corrected chi connectivity index (χ0v) is 17.3. The van der Waals surface area contributed by atoms with Crippen molar-refractivity contribution in [3.8, 4) is 34.1 Å². The Kier molecular flexibility index (Phi) is 7.31. The van der Waals surface area contributed by atoms with Gasteiger partial charge in [0.05, 0.1) is 5.56 Å². The highest BCUT2D eigenvalue weighted by Crippen LogP contribution is 2.49. The van der Waals surface area contributed by atoms with Crippen LogP contribution in [0.25, 0.3) is 11.1 Å². The van der Waals surface area contributed by atoms with Crippen LogP contribution < -0.4 is 14.2 Å². The maximum atomic E-state index is 6.25. The van der Waals surface area contributed by atoms with Crippen LogP contribution in [0.4, 0.5) is 0 Å². The summed E-state index contributed by atoms with van der Waals surface area (Å²) >= 11 is 3.63. The second kappa shape index (κ2) is 10.1. The molecule has 0 atom stereocenters. The molecule has 0 unspecified atom stereocenters. The van der Waals surface area contributed by atoms with E-state index in [1.165, 1.54) is 0 Å². The van der Waals surface area contributed by atoms with Gasteiger partial charge in [-0.15, -0.1) is 0 Å². The number of para-hydroxylation sites is 1. The summed E-state index contributed by atoms with van der Waals surface area (Å²) in [5.74, 6) is 2.39. The summed E-state index contributed by atoms with van der Waals surface area (Å²) in [6.07, 6.45) is 0. The van der Waals surface area contributed by atoms with E-state index in [0.717, 1.165) is 11.1 Å². The maximum Gasteiger partial charge on any atom is 0.188 e. The molecule has 5 nitrogen and oxygen atoms in total. The fourth-order valence-corrected chi connectivity index (χ4v) is 3.14. The van der Waals surface area contributed by atoms with Crippen molar-refractivity contribution < 1.29 is 23.7 Å².